The zero-order valence-corrected chi connectivity index (χ0v) is 15.1. The molecule has 26 heavy (non-hydrogen) atoms. The van der Waals surface area contributed by atoms with Gasteiger partial charge in [0.2, 0.25) is 0 Å². The topological polar surface area (TPSA) is 101 Å². The van der Waals surface area contributed by atoms with E-state index in [1.165, 1.54) is 36.9 Å². The van der Waals surface area contributed by atoms with Crippen LogP contribution in [0.1, 0.15) is 53.1 Å². The Hall–Kier alpha value is -2.22. The number of amides is 1. The average molecular weight is 357 g/mol. The summed E-state index contributed by atoms with van der Waals surface area (Å²) in [4.78, 5) is 12.3. The smallest absolute Gasteiger partial charge is 0.273 e. The molecule has 2 aromatic heterocycles. The number of hydrogen-bond acceptors (Lipinski definition) is 5. The van der Waals surface area contributed by atoms with E-state index in [9.17, 15) is 4.79 Å². The van der Waals surface area contributed by atoms with Crippen molar-refractivity contribution in [1.29, 1.82) is 0 Å². The molecule has 0 bridgehead atoms. The van der Waals surface area contributed by atoms with Gasteiger partial charge in [-0.3, -0.25) is 14.6 Å². The highest BCUT2D eigenvalue weighted by Crippen LogP contribution is 2.22. The number of piperidine rings is 1. The molecule has 1 atom stereocenters. The van der Waals surface area contributed by atoms with E-state index in [0.29, 0.717) is 18.2 Å². The number of fused-ring (bicyclic) bond motifs is 1. The third kappa shape index (κ3) is 3.95. The van der Waals surface area contributed by atoms with Crippen molar-refractivity contribution in [2.24, 2.45) is 5.92 Å². The maximum absolute atomic E-state index is 12.3. The molecule has 0 saturated carbocycles. The Morgan fingerprint density at radius 1 is 1.31 bits per heavy atom. The Bertz CT molecular complexity index is 745. The van der Waals surface area contributed by atoms with Crippen LogP contribution in [0.2, 0.25) is 0 Å². The zero-order chi connectivity index (χ0) is 17.8. The second kappa shape index (κ2) is 7.99. The molecule has 2 aliphatic rings. The van der Waals surface area contributed by atoms with Crippen LogP contribution >= 0.6 is 0 Å². The predicted octanol–water partition coefficient (Wildman–Crippen LogP) is 0.852. The molecule has 3 heterocycles. The van der Waals surface area contributed by atoms with Crippen LogP contribution in [0.3, 0.4) is 0 Å². The van der Waals surface area contributed by atoms with Crippen molar-refractivity contribution in [3.05, 3.63) is 28.8 Å². The molecular weight excluding hydrogens is 330 g/mol. The van der Waals surface area contributed by atoms with Crippen LogP contribution in [0, 0.1) is 5.92 Å². The first-order valence-corrected chi connectivity index (χ1v) is 9.73. The lowest BCUT2D eigenvalue weighted by molar-refractivity contribution is 0.0949. The van der Waals surface area contributed by atoms with Gasteiger partial charge in [0, 0.05) is 25.2 Å². The zero-order valence-electron chi connectivity index (χ0n) is 15.1. The quantitative estimate of drug-likeness (QED) is 0.712. The summed E-state index contributed by atoms with van der Waals surface area (Å²) in [6.07, 6.45) is 9.54. The number of carbonyl (C=O) groups is 1. The van der Waals surface area contributed by atoms with Gasteiger partial charge in [0.1, 0.15) is 0 Å². The van der Waals surface area contributed by atoms with E-state index < -0.39 is 0 Å². The summed E-state index contributed by atoms with van der Waals surface area (Å²) in [6.45, 7) is 3.48. The van der Waals surface area contributed by atoms with Gasteiger partial charge in [-0.1, -0.05) is 5.21 Å². The van der Waals surface area contributed by atoms with E-state index >= 15 is 0 Å². The van der Waals surface area contributed by atoms with Crippen molar-refractivity contribution in [2.75, 3.05) is 19.6 Å². The number of nitrogens with zero attached hydrogens (tertiary/aromatic N) is 4. The Balaban J connectivity index is 1.26. The van der Waals surface area contributed by atoms with Crippen LogP contribution < -0.4 is 10.6 Å². The van der Waals surface area contributed by atoms with Crippen LogP contribution in [0.5, 0.6) is 0 Å². The van der Waals surface area contributed by atoms with Gasteiger partial charge in [-0.25, -0.2) is 0 Å². The largest absolute Gasteiger partial charge is 0.350 e. The Morgan fingerprint density at radius 2 is 2.23 bits per heavy atom. The van der Waals surface area contributed by atoms with E-state index in [1.54, 1.807) is 10.9 Å². The van der Waals surface area contributed by atoms with E-state index in [4.69, 9.17) is 0 Å². The average Bonchev–Trinajstić information content (AvgIpc) is 3.30. The van der Waals surface area contributed by atoms with Gasteiger partial charge in [0.15, 0.2) is 5.69 Å². The Morgan fingerprint density at radius 3 is 3.12 bits per heavy atom. The fourth-order valence-electron chi connectivity index (χ4n) is 3.98. The first-order valence-electron chi connectivity index (χ1n) is 9.73. The summed E-state index contributed by atoms with van der Waals surface area (Å²) in [5.41, 5.74) is 4.11. The SMILES string of the molecule is O=C(NCCc1n[nH]c2c1CCCC2)c1cn(CC2CCCNC2)nn1. The Kier molecular flexibility index (Phi) is 5.29. The number of aryl methyl sites for hydroxylation is 1. The van der Waals surface area contributed by atoms with Crippen molar-refractivity contribution in [2.45, 2.75) is 51.5 Å². The minimum absolute atomic E-state index is 0.164. The highest BCUT2D eigenvalue weighted by Gasteiger charge is 2.18. The second-order valence-electron chi connectivity index (χ2n) is 7.38. The van der Waals surface area contributed by atoms with E-state index in [-0.39, 0.29) is 5.91 Å². The highest BCUT2D eigenvalue weighted by atomic mass is 16.2. The maximum atomic E-state index is 12.3. The van der Waals surface area contributed by atoms with Gasteiger partial charge in [-0.2, -0.15) is 5.10 Å². The van der Waals surface area contributed by atoms with Crippen LogP contribution in [0.25, 0.3) is 0 Å². The lowest BCUT2D eigenvalue weighted by Gasteiger charge is -2.22. The van der Waals surface area contributed by atoms with Crippen molar-refractivity contribution in [3.8, 4) is 0 Å². The number of hydrogen-bond donors (Lipinski definition) is 3. The molecule has 0 aromatic carbocycles. The van der Waals surface area contributed by atoms with E-state index in [1.807, 2.05) is 0 Å². The van der Waals surface area contributed by atoms with Gasteiger partial charge in [-0.05, 0) is 63.1 Å². The number of aromatic amines is 1. The Labute approximate surface area is 153 Å². The van der Waals surface area contributed by atoms with Crippen LogP contribution in [-0.2, 0) is 25.8 Å². The monoisotopic (exact) mass is 357 g/mol. The normalized spacial score (nSPS) is 19.9. The standard InChI is InChI=1S/C18H27N7O/c26-18(17-12-25(24-23-17)11-13-4-3-8-19-10-13)20-9-7-16-14-5-1-2-6-15(14)21-22-16/h12-13,19H,1-11H2,(H,20,26)(H,21,22). The molecule has 1 fully saturated rings. The summed E-state index contributed by atoms with van der Waals surface area (Å²) >= 11 is 0. The first-order chi connectivity index (χ1) is 12.8. The fourth-order valence-corrected chi connectivity index (χ4v) is 3.98. The number of H-pyrrole nitrogens is 1. The van der Waals surface area contributed by atoms with Crippen LogP contribution in [0.15, 0.2) is 6.20 Å². The second-order valence-corrected chi connectivity index (χ2v) is 7.38. The number of nitrogens with one attached hydrogen (secondary N) is 3. The van der Waals surface area contributed by atoms with Crippen molar-refractivity contribution >= 4 is 5.91 Å². The molecule has 1 amide bonds. The molecule has 4 rings (SSSR count). The third-order valence-corrected chi connectivity index (χ3v) is 5.40. The minimum atomic E-state index is -0.164. The number of aromatic nitrogens is 5. The molecular formula is C18H27N7O. The summed E-state index contributed by atoms with van der Waals surface area (Å²) in [5, 5.41) is 22.0. The van der Waals surface area contributed by atoms with Gasteiger partial charge >= 0.3 is 0 Å². The molecule has 1 saturated heterocycles. The van der Waals surface area contributed by atoms with Crippen molar-refractivity contribution in [3.63, 3.8) is 0 Å². The van der Waals surface area contributed by atoms with Gasteiger partial charge in [-0.15, -0.1) is 5.10 Å². The molecule has 8 nitrogen and oxygen atoms in total. The van der Waals surface area contributed by atoms with Gasteiger partial charge in [0.05, 0.1) is 11.9 Å². The fraction of sp³-hybridized carbons (Fsp3) is 0.667. The van der Waals surface area contributed by atoms with Crippen molar-refractivity contribution in [1.82, 2.24) is 35.8 Å². The molecule has 0 spiro atoms. The van der Waals surface area contributed by atoms with Crippen LogP contribution in [-0.4, -0.2) is 50.7 Å². The number of rotatable bonds is 6. The predicted molar refractivity (Wildman–Crippen MR) is 96.9 cm³/mol. The maximum Gasteiger partial charge on any atom is 0.273 e. The molecule has 1 aliphatic heterocycles. The summed E-state index contributed by atoms with van der Waals surface area (Å²) < 4.78 is 1.79. The summed E-state index contributed by atoms with van der Waals surface area (Å²) in [5.74, 6) is 0.398. The van der Waals surface area contributed by atoms with E-state index in [0.717, 1.165) is 44.6 Å². The summed E-state index contributed by atoms with van der Waals surface area (Å²) in [7, 11) is 0. The molecule has 140 valence electrons. The molecule has 1 aliphatic carbocycles. The molecule has 0 radical (unpaired) electrons. The molecule has 3 N–H and O–H groups in total. The highest BCUT2D eigenvalue weighted by molar-refractivity contribution is 5.91. The lowest BCUT2D eigenvalue weighted by Crippen LogP contribution is -2.32. The molecule has 1 unspecified atom stereocenters. The minimum Gasteiger partial charge on any atom is -0.350 e. The molecule has 8 heteroatoms. The van der Waals surface area contributed by atoms with Gasteiger partial charge in [0.25, 0.3) is 5.91 Å². The third-order valence-electron chi connectivity index (χ3n) is 5.40. The van der Waals surface area contributed by atoms with Crippen LogP contribution in [0.4, 0.5) is 0 Å². The van der Waals surface area contributed by atoms with E-state index in [2.05, 4.69) is 31.1 Å². The lowest BCUT2D eigenvalue weighted by atomic mass is 9.95. The van der Waals surface area contributed by atoms with Gasteiger partial charge < -0.3 is 10.6 Å². The summed E-state index contributed by atoms with van der Waals surface area (Å²) in [6, 6.07) is 0. The number of carbonyl (C=O) groups excluding carboxylic acids is 1. The molecule has 2 aromatic rings. The van der Waals surface area contributed by atoms with Crippen molar-refractivity contribution < 1.29 is 4.79 Å². The first kappa shape index (κ1) is 17.2.